The van der Waals surface area contributed by atoms with Crippen LogP contribution in [0.2, 0.25) is 0 Å². The van der Waals surface area contributed by atoms with Gasteiger partial charge in [-0.2, -0.15) is 0 Å². The van der Waals surface area contributed by atoms with Crippen LogP contribution < -0.4 is 26.6 Å². The molecule has 1 fully saturated rings. The van der Waals surface area contributed by atoms with Crippen molar-refractivity contribution in [3.8, 4) is 5.75 Å². The standard InChI is InChI=1S/C30H42BN3O8/c1-28(2,3)40-27(37)34-24(32)25(35)33-22(26(36)38-8)17-20-14-15-23(39-18-19-12-10-9-11-13-19)21(16-20)31-41-29(4,5)30(6,7)42-31/h9-16,22,24H,17-18,32H2,1-8H3,(H,33,35)(H,34,37)/t22-,24+/m0/s1. The Kier molecular flexibility index (Phi) is 10.3. The highest BCUT2D eigenvalue weighted by molar-refractivity contribution is 6.63. The SMILES string of the molecule is COC(=O)[C@H](Cc1ccc(OCc2ccccc2)c(B2OC(C)(C)C(C)(C)O2)c1)NC(=O)[C@H](N)NC(=O)OC(C)(C)C. The lowest BCUT2D eigenvalue weighted by Gasteiger charge is -2.32. The second kappa shape index (κ2) is 13.1. The summed E-state index contributed by atoms with van der Waals surface area (Å²) < 4.78 is 28.9. The van der Waals surface area contributed by atoms with Gasteiger partial charge in [-0.25, -0.2) is 9.59 Å². The number of rotatable bonds is 10. The first kappa shape index (κ1) is 32.9. The van der Waals surface area contributed by atoms with Crippen molar-refractivity contribution in [1.82, 2.24) is 10.6 Å². The van der Waals surface area contributed by atoms with Crippen LogP contribution in [0.3, 0.4) is 0 Å². The van der Waals surface area contributed by atoms with Crippen molar-refractivity contribution >= 4 is 30.6 Å². The predicted molar refractivity (Wildman–Crippen MR) is 158 cm³/mol. The largest absolute Gasteiger partial charge is 0.498 e. The number of ether oxygens (including phenoxy) is 3. The Morgan fingerprint density at radius 1 is 0.952 bits per heavy atom. The Balaban J connectivity index is 1.83. The van der Waals surface area contributed by atoms with Crippen LogP contribution in [-0.4, -0.2) is 61.2 Å². The lowest BCUT2D eigenvalue weighted by molar-refractivity contribution is -0.145. The van der Waals surface area contributed by atoms with Gasteiger partial charge in [0.15, 0.2) is 6.17 Å². The summed E-state index contributed by atoms with van der Waals surface area (Å²) in [7, 11) is 0.481. The predicted octanol–water partition coefficient (Wildman–Crippen LogP) is 2.57. The molecule has 3 rings (SSSR count). The third-order valence-corrected chi connectivity index (χ3v) is 7.02. The van der Waals surface area contributed by atoms with Gasteiger partial charge in [0.25, 0.3) is 5.91 Å². The molecule has 0 aliphatic carbocycles. The topological polar surface area (TPSA) is 147 Å². The number of nitrogens with one attached hydrogen (secondary N) is 2. The molecule has 12 heteroatoms. The van der Waals surface area contributed by atoms with Crippen molar-refractivity contribution in [1.29, 1.82) is 0 Å². The van der Waals surface area contributed by atoms with E-state index < -0.39 is 54.1 Å². The molecule has 0 saturated carbocycles. The molecule has 2 aromatic carbocycles. The zero-order valence-electron chi connectivity index (χ0n) is 25.6. The van der Waals surface area contributed by atoms with E-state index in [2.05, 4.69) is 10.6 Å². The van der Waals surface area contributed by atoms with E-state index in [4.69, 9.17) is 29.3 Å². The molecular weight excluding hydrogens is 541 g/mol. The van der Waals surface area contributed by atoms with Gasteiger partial charge in [0.1, 0.15) is 24.0 Å². The van der Waals surface area contributed by atoms with E-state index in [1.165, 1.54) is 7.11 Å². The molecule has 11 nitrogen and oxygen atoms in total. The second-order valence-corrected chi connectivity index (χ2v) is 12.1. The average Bonchev–Trinajstić information content (AvgIpc) is 3.12. The van der Waals surface area contributed by atoms with E-state index in [1.807, 2.05) is 64.1 Å². The highest BCUT2D eigenvalue weighted by Crippen LogP contribution is 2.37. The van der Waals surface area contributed by atoms with Gasteiger partial charge < -0.3 is 34.6 Å². The Labute approximate surface area is 247 Å². The van der Waals surface area contributed by atoms with Crippen LogP contribution in [0, 0.1) is 0 Å². The van der Waals surface area contributed by atoms with Gasteiger partial charge in [0, 0.05) is 11.9 Å². The molecule has 1 heterocycles. The van der Waals surface area contributed by atoms with Crippen LogP contribution in [-0.2, 0) is 41.4 Å². The molecule has 2 amide bonds. The lowest BCUT2D eigenvalue weighted by Crippen LogP contribution is -2.56. The molecule has 1 aliphatic heterocycles. The summed E-state index contributed by atoms with van der Waals surface area (Å²) in [6.07, 6.45) is -2.26. The van der Waals surface area contributed by atoms with E-state index in [0.717, 1.165) is 5.56 Å². The highest BCUT2D eigenvalue weighted by Gasteiger charge is 2.52. The van der Waals surface area contributed by atoms with Crippen LogP contribution in [0.25, 0.3) is 0 Å². The number of amides is 2. The zero-order chi connectivity index (χ0) is 31.3. The van der Waals surface area contributed by atoms with Crippen LogP contribution in [0.15, 0.2) is 48.5 Å². The van der Waals surface area contributed by atoms with Crippen molar-refractivity contribution in [2.24, 2.45) is 5.73 Å². The minimum Gasteiger partial charge on any atom is -0.489 e. The smallest absolute Gasteiger partial charge is 0.489 e. The summed E-state index contributed by atoms with van der Waals surface area (Å²) in [6.45, 7) is 13.2. The van der Waals surface area contributed by atoms with Gasteiger partial charge in [0.2, 0.25) is 0 Å². The van der Waals surface area contributed by atoms with Gasteiger partial charge in [-0.15, -0.1) is 0 Å². The van der Waals surface area contributed by atoms with Crippen LogP contribution in [0.4, 0.5) is 4.79 Å². The minimum atomic E-state index is -1.46. The molecule has 0 radical (unpaired) electrons. The number of methoxy groups -OCH3 is 1. The summed E-state index contributed by atoms with van der Waals surface area (Å²) in [5.41, 5.74) is 6.20. The molecule has 1 aliphatic rings. The van der Waals surface area contributed by atoms with Gasteiger partial charge in [-0.3, -0.25) is 10.1 Å². The second-order valence-electron chi connectivity index (χ2n) is 12.1. The third kappa shape index (κ3) is 8.70. The fourth-order valence-electron chi connectivity index (χ4n) is 4.08. The molecule has 0 spiro atoms. The number of nitrogens with two attached hydrogens (primary N) is 1. The lowest BCUT2D eigenvalue weighted by atomic mass is 9.77. The van der Waals surface area contributed by atoms with Gasteiger partial charge in [0.05, 0.1) is 18.3 Å². The minimum absolute atomic E-state index is 0.0586. The zero-order valence-corrected chi connectivity index (χ0v) is 25.6. The molecule has 0 bridgehead atoms. The first-order valence-corrected chi connectivity index (χ1v) is 13.8. The van der Waals surface area contributed by atoms with Crippen molar-refractivity contribution < 1.29 is 37.9 Å². The monoisotopic (exact) mass is 583 g/mol. The van der Waals surface area contributed by atoms with E-state index in [1.54, 1.807) is 32.9 Å². The van der Waals surface area contributed by atoms with Crippen LogP contribution in [0.5, 0.6) is 5.75 Å². The molecule has 4 N–H and O–H groups in total. The molecule has 228 valence electrons. The fraction of sp³-hybridized carbons (Fsp3) is 0.500. The normalized spacial score (nSPS) is 17.1. The quantitative estimate of drug-likeness (QED) is 0.218. The maximum atomic E-state index is 12.8. The van der Waals surface area contributed by atoms with Crippen molar-refractivity contribution in [3.63, 3.8) is 0 Å². The number of esters is 1. The Morgan fingerprint density at radius 2 is 1.57 bits per heavy atom. The van der Waals surface area contributed by atoms with Gasteiger partial charge in [-0.1, -0.05) is 42.5 Å². The van der Waals surface area contributed by atoms with E-state index >= 15 is 0 Å². The fourth-order valence-corrected chi connectivity index (χ4v) is 4.08. The van der Waals surface area contributed by atoms with Gasteiger partial charge in [-0.05, 0) is 65.7 Å². The number of alkyl carbamates (subject to hydrolysis) is 1. The Hall–Kier alpha value is -3.61. The maximum Gasteiger partial charge on any atom is 0.498 e. The summed E-state index contributed by atoms with van der Waals surface area (Å²) in [5.74, 6) is -0.914. The molecule has 2 atom stereocenters. The number of benzene rings is 2. The summed E-state index contributed by atoms with van der Waals surface area (Å²) in [6, 6.07) is 14.0. The van der Waals surface area contributed by atoms with Crippen molar-refractivity contribution in [2.45, 2.75) is 90.5 Å². The first-order chi connectivity index (χ1) is 19.5. The van der Waals surface area contributed by atoms with Gasteiger partial charge >= 0.3 is 19.2 Å². The number of carbonyl (C=O) groups excluding carboxylic acids is 3. The number of hydrogen-bond acceptors (Lipinski definition) is 9. The summed E-state index contributed by atoms with van der Waals surface area (Å²) in [5, 5.41) is 4.82. The molecule has 0 unspecified atom stereocenters. The molecule has 0 aromatic heterocycles. The summed E-state index contributed by atoms with van der Waals surface area (Å²) in [4.78, 5) is 37.5. The Bertz CT molecular complexity index is 1250. The highest BCUT2D eigenvalue weighted by atomic mass is 16.7. The van der Waals surface area contributed by atoms with Crippen molar-refractivity contribution in [3.05, 3.63) is 59.7 Å². The Morgan fingerprint density at radius 3 is 2.14 bits per heavy atom. The van der Waals surface area contributed by atoms with Crippen molar-refractivity contribution in [2.75, 3.05) is 7.11 Å². The number of hydrogen-bond donors (Lipinski definition) is 3. The average molecular weight is 583 g/mol. The maximum absolute atomic E-state index is 12.8. The molecule has 42 heavy (non-hydrogen) atoms. The van der Waals surface area contributed by atoms with Crippen LogP contribution >= 0.6 is 0 Å². The summed E-state index contributed by atoms with van der Waals surface area (Å²) >= 11 is 0. The molecular formula is C30H42BN3O8. The number of carbonyl (C=O) groups is 3. The third-order valence-electron chi connectivity index (χ3n) is 7.02. The van der Waals surface area contributed by atoms with E-state index in [-0.39, 0.29) is 6.42 Å². The molecule has 1 saturated heterocycles. The van der Waals surface area contributed by atoms with E-state index in [9.17, 15) is 14.4 Å². The first-order valence-electron chi connectivity index (χ1n) is 13.8. The molecule has 2 aromatic rings. The van der Waals surface area contributed by atoms with Crippen LogP contribution in [0.1, 0.15) is 59.6 Å². The van der Waals surface area contributed by atoms with E-state index in [0.29, 0.717) is 23.4 Å².